The summed E-state index contributed by atoms with van der Waals surface area (Å²) in [5.41, 5.74) is 0.427. The Hall–Kier alpha value is -2.22. The first-order valence-electron chi connectivity index (χ1n) is 9.79. The fraction of sp³-hybridized carbons (Fsp3) is 0.600. The van der Waals surface area contributed by atoms with Crippen LogP contribution in [-0.2, 0) is 6.42 Å². The summed E-state index contributed by atoms with van der Waals surface area (Å²) in [7, 11) is 0. The van der Waals surface area contributed by atoms with Gasteiger partial charge in [0, 0.05) is 24.0 Å². The van der Waals surface area contributed by atoms with Gasteiger partial charge in [0.25, 0.3) is 0 Å². The van der Waals surface area contributed by atoms with Crippen LogP contribution in [0.5, 0.6) is 0 Å². The van der Waals surface area contributed by atoms with Gasteiger partial charge in [0.05, 0.1) is 4.92 Å². The van der Waals surface area contributed by atoms with E-state index < -0.39 is 0 Å². The van der Waals surface area contributed by atoms with Crippen molar-refractivity contribution < 1.29 is 4.92 Å². The second-order valence-electron chi connectivity index (χ2n) is 9.25. The van der Waals surface area contributed by atoms with E-state index >= 15 is 0 Å². The number of nitro groups is 1. The van der Waals surface area contributed by atoms with Gasteiger partial charge in [-0.15, -0.1) is 11.3 Å². The van der Waals surface area contributed by atoms with Crippen LogP contribution in [0.3, 0.4) is 0 Å². The van der Waals surface area contributed by atoms with Crippen molar-refractivity contribution >= 4 is 28.7 Å². The molecular formula is C20H27N5O2S. The summed E-state index contributed by atoms with van der Waals surface area (Å²) in [4.78, 5) is 23.6. The zero-order valence-electron chi connectivity index (χ0n) is 16.6. The topological polar surface area (TPSA) is 84.2 Å². The second kappa shape index (κ2) is 6.99. The molecule has 0 aromatic carbocycles. The van der Waals surface area contributed by atoms with Crippen molar-refractivity contribution in [3.63, 3.8) is 0 Å². The highest BCUT2D eigenvalue weighted by atomic mass is 32.1. The van der Waals surface area contributed by atoms with E-state index in [1.54, 1.807) is 11.3 Å². The largest absolute Gasteiger partial charge is 0.364 e. The van der Waals surface area contributed by atoms with Gasteiger partial charge < -0.3 is 10.2 Å². The van der Waals surface area contributed by atoms with Gasteiger partial charge in [-0.1, -0.05) is 26.8 Å². The lowest BCUT2D eigenvalue weighted by atomic mass is 9.65. The maximum Gasteiger partial charge on any atom is 0.353 e. The van der Waals surface area contributed by atoms with Crippen LogP contribution in [0.25, 0.3) is 0 Å². The van der Waals surface area contributed by atoms with Crippen LogP contribution in [0.2, 0.25) is 0 Å². The molecule has 1 N–H and O–H groups in total. The number of anilines is 2. The van der Waals surface area contributed by atoms with Gasteiger partial charge in [0.2, 0.25) is 11.6 Å². The molecule has 0 amide bonds. The van der Waals surface area contributed by atoms with Crippen LogP contribution in [0, 0.1) is 20.9 Å². The smallest absolute Gasteiger partial charge is 0.353 e. The van der Waals surface area contributed by atoms with Crippen LogP contribution < -0.4 is 10.2 Å². The maximum atomic E-state index is 12.0. The first kappa shape index (κ1) is 19.1. The lowest BCUT2D eigenvalue weighted by molar-refractivity contribution is -0.383. The molecule has 1 saturated heterocycles. The lowest BCUT2D eigenvalue weighted by Gasteiger charge is -2.39. The van der Waals surface area contributed by atoms with E-state index in [9.17, 15) is 10.1 Å². The number of nitrogens with zero attached hydrogens (tertiary/aromatic N) is 4. The monoisotopic (exact) mass is 401 g/mol. The number of thiophene rings is 1. The van der Waals surface area contributed by atoms with E-state index in [0.717, 1.165) is 32.2 Å². The molecule has 2 aliphatic rings. The first-order valence-corrected chi connectivity index (χ1v) is 10.7. The summed E-state index contributed by atoms with van der Waals surface area (Å²) >= 11 is 1.69. The normalized spacial score (nSPS) is 25.7. The third-order valence-corrected chi connectivity index (χ3v) is 6.85. The van der Waals surface area contributed by atoms with Crippen LogP contribution in [-0.4, -0.2) is 34.0 Å². The van der Waals surface area contributed by atoms with Gasteiger partial charge in [0.1, 0.15) is 6.33 Å². The Balaban J connectivity index is 1.60. The Kier molecular flexibility index (Phi) is 4.77. The minimum atomic E-state index is -0.335. The molecular weight excluding hydrogens is 374 g/mol. The molecule has 1 aliphatic heterocycles. The predicted molar refractivity (Wildman–Crippen MR) is 112 cm³/mol. The molecule has 2 aromatic rings. The highest BCUT2D eigenvalue weighted by molar-refractivity contribution is 7.09. The molecule has 3 heterocycles. The average Bonchev–Trinajstić information content (AvgIpc) is 3.19. The average molecular weight is 402 g/mol. The Morgan fingerprint density at radius 3 is 2.89 bits per heavy atom. The van der Waals surface area contributed by atoms with Crippen molar-refractivity contribution in [2.45, 2.75) is 52.5 Å². The maximum absolute atomic E-state index is 12.0. The van der Waals surface area contributed by atoms with Crippen molar-refractivity contribution in [1.29, 1.82) is 0 Å². The number of hydrogen-bond acceptors (Lipinski definition) is 7. The minimum Gasteiger partial charge on any atom is -0.364 e. The number of fused-ring (bicyclic) bond motifs is 2. The number of nitrogens with one attached hydrogen (secondary N) is 1. The van der Waals surface area contributed by atoms with Crippen molar-refractivity contribution in [2.75, 3.05) is 23.3 Å². The van der Waals surface area contributed by atoms with Crippen LogP contribution in [0.1, 0.15) is 44.9 Å². The first-order chi connectivity index (χ1) is 13.3. The molecule has 4 rings (SSSR count). The molecule has 1 saturated carbocycles. The second-order valence-corrected chi connectivity index (χ2v) is 10.3. The molecule has 2 aromatic heterocycles. The molecule has 28 heavy (non-hydrogen) atoms. The van der Waals surface area contributed by atoms with E-state index in [1.165, 1.54) is 11.2 Å². The van der Waals surface area contributed by atoms with Crippen molar-refractivity contribution in [3.8, 4) is 0 Å². The summed E-state index contributed by atoms with van der Waals surface area (Å²) in [5, 5.41) is 17.2. The van der Waals surface area contributed by atoms with Crippen molar-refractivity contribution in [2.24, 2.45) is 10.8 Å². The SMILES string of the molecule is CC1(C)CC2CC(C)(CN2c2ncnc(NCCc3cccs3)c2[N+](=O)[O-])C1. The molecule has 0 spiro atoms. The lowest BCUT2D eigenvalue weighted by Crippen LogP contribution is -2.35. The molecule has 7 nitrogen and oxygen atoms in total. The summed E-state index contributed by atoms with van der Waals surface area (Å²) in [5.74, 6) is 0.780. The summed E-state index contributed by atoms with van der Waals surface area (Å²) in [6, 6.07) is 4.37. The summed E-state index contributed by atoms with van der Waals surface area (Å²) < 4.78 is 0. The van der Waals surface area contributed by atoms with Gasteiger partial charge in [-0.2, -0.15) is 0 Å². The zero-order valence-corrected chi connectivity index (χ0v) is 17.5. The van der Waals surface area contributed by atoms with Gasteiger partial charge in [-0.05, 0) is 48.0 Å². The van der Waals surface area contributed by atoms with Gasteiger partial charge in [0.15, 0.2) is 0 Å². The molecule has 2 atom stereocenters. The van der Waals surface area contributed by atoms with E-state index in [0.29, 0.717) is 24.2 Å². The highest BCUT2D eigenvalue weighted by Crippen LogP contribution is 2.54. The Labute approximate surface area is 169 Å². The van der Waals surface area contributed by atoms with Crippen molar-refractivity contribution in [1.82, 2.24) is 9.97 Å². The van der Waals surface area contributed by atoms with Crippen molar-refractivity contribution in [3.05, 3.63) is 38.8 Å². The number of rotatable bonds is 6. The molecule has 150 valence electrons. The van der Waals surface area contributed by atoms with E-state index in [1.807, 2.05) is 11.4 Å². The van der Waals surface area contributed by atoms with Crippen LogP contribution in [0.15, 0.2) is 23.8 Å². The van der Waals surface area contributed by atoms with E-state index in [4.69, 9.17) is 0 Å². The fourth-order valence-corrected chi connectivity index (χ4v) is 6.05. The van der Waals surface area contributed by atoms with Gasteiger partial charge in [-0.25, -0.2) is 9.97 Å². The molecule has 2 fully saturated rings. The molecule has 1 aliphatic carbocycles. The Bertz CT molecular complexity index is 869. The van der Waals surface area contributed by atoms with Gasteiger partial charge >= 0.3 is 5.69 Å². The standard InChI is InChI=1S/C20H27N5O2S/c1-19(2)9-14-10-20(3,11-19)12-24(14)18-16(25(26)27)17(22-13-23-18)21-7-6-15-5-4-8-28-15/h4-5,8,13-14H,6-7,9-12H2,1-3H3,(H,21,22,23). The van der Waals surface area contributed by atoms with Crippen LogP contribution in [0.4, 0.5) is 17.3 Å². The summed E-state index contributed by atoms with van der Waals surface area (Å²) in [6.45, 7) is 8.31. The van der Waals surface area contributed by atoms with Crippen LogP contribution >= 0.6 is 11.3 Å². The predicted octanol–water partition coefficient (Wildman–Crippen LogP) is 4.51. The molecule has 2 bridgehead atoms. The fourth-order valence-electron chi connectivity index (χ4n) is 5.34. The number of hydrogen-bond donors (Lipinski definition) is 1. The molecule has 2 unspecified atom stereocenters. The molecule has 8 heteroatoms. The van der Waals surface area contributed by atoms with E-state index in [-0.39, 0.29) is 21.4 Å². The third kappa shape index (κ3) is 3.70. The minimum absolute atomic E-state index is 0.00244. The summed E-state index contributed by atoms with van der Waals surface area (Å²) in [6.07, 6.45) is 5.50. The quantitative estimate of drug-likeness (QED) is 0.566. The Morgan fingerprint density at radius 1 is 1.36 bits per heavy atom. The molecule has 0 radical (unpaired) electrons. The van der Waals surface area contributed by atoms with Gasteiger partial charge in [-0.3, -0.25) is 10.1 Å². The zero-order chi connectivity index (χ0) is 19.9. The highest BCUT2D eigenvalue weighted by Gasteiger charge is 2.51. The number of aromatic nitrogens is 2. The Morgan fingerprint density at radius 2 is 2.18 bits per heavy atom. The van der Waals surface area contributed by atoms with E-state index in [2.05, 4.69) is 47.0 Å². The third-order valence-electron chi connectivity index (χ3n) is 5.92.